The lowest BCUT2D eigenvalue weighted by Gasteiger charge is -2.14. The summed E-state index contributed by atoms with van der Waals surface area (Å²) in [6.07, 6.45) is -0.0935. The van der Waals surface area contributed by atoms with Crippen molar-refractivity contribution in [2.24, 2.45) is 0 Å². The third-order valence-corrected chi connectivity index (χ3v) is 3.69. The molecule has 3 rings (SSSR count). The van der Waals surface area contributed by atoms with Gasteiger partial charge in [-0.25, -0.2) is 15.0 Å². The molecule has 1 fully saturated rings. The average molecular weight is 330 g/mol. The first-order chi connectivity index (χ1) is 9.11. The number of aliphatic hydroxyl groups excluding tert-OH is 2. The van der Waals surface area contributed by atoms with Gasteiger partial charge in [0.1, 0.15) is 18.7 Å². The summed E-state index contributed by atoms with van der Waals surface area (Å²) >= 11 is 3.32. The Morgan fingerprint density at radius 1 is 1.53 bits per heavy atom. The van der Waals surface area contributed by atoms with Gasteiger partial charge in [0.15, 0.2) is 21.7 Å². The smallest absolute Gasteiger partial charge is 0.181 e. The lowest BCUT2D eigenvalue weighted by Crippen LogP contribution is -2.24. The average Bonchev–Trinajstić information content (AvgIpc) is 2.90. The van der Waals surface area contributed by atoms with Gasteiger partial charge in [-0.1, -0.05) is 0 Å². The molecule has 102 valence electrons. The van der Waals surface area contributed by atoms with Crippen LogP contribution in [0.3, 0.4) is 0 Å². The van der Waals surface area contributed by atoms with E-state index in [1.807, 2.05) is 0 Å². The molecule has 1 aliphatic heterocycles. The zero-order chi connectivity index (χ0) is 13.6. The number of fused-ring (bicyclic) bond motifs is 1. The van der Waals surface area contributed by atoms with Gasteiger partial charge in [-0.2, -0.15) is 0 Å². The Kier molecular flexibility index (Phi) is 3.13. The molecule has 9 heteroatoms. The van der Waals surface area contributed by atoms with Crippen molar-refractivity contribution >= 4 is 32.9 Å². The van der Waals surface area contributed by atoms with Crippen molar-refractivity contribution in [1.29, 1.82) is 0 Å². The van der Waals surface area contributed by atoms with Crippen molar-refractivity contribution in [1.82, 2.24) is 19.5 Å². The van der Waals surface area contributed by atoms with Gasteiger partial charge >= 0.3 is 0 Å². The molecule has 1 aliphatic rings. The summed E-state index contributed by atoms with van der Waals surface area (Å²) in [5, 5.41) is 18.9. The number of hydrogen-bond donors (Lipinski definition) is 3. The fourth-order valence-corrected chi connectivity index (χ4v) is 2.77. The summed E-state index contributed by atoms with van der Waals surface area (Å²) in [4.78, 5) is 12.3. The standard InChI is InChI=1S/C10H12BrN5O3/c11-10-15-7-8(12)13-3-14-9(7)16(10)6-1-4(18)5(2-17)19-6/h3-6,17-18H,1-2H2,(H2,12,13,14)/t4-,5+,6-/m0/s1. The van der Waals surface area contributed by atoms with Gasteiger partial charge in [0, 0.05) is 6.42 Å². The maximum Gasteiger partial charge on any atom is 0.181 e. The van der Waals surface area contributed by atoms with Crippen LogP contribution in [0.1, 0.15) is 12.6 Å². The molecular formula is C10H12BrN5O3. The lowest BCUT2D eigenvalue weighted by molar-refractivity contribution is -0.0439. The van der Waals surface area contributed by atoms with Crippen LogP contribution in [-0.4, -0.2) is 48.5 Å². The van der Waals surface area contributed by atoms with E-state index < -0.39 is 18.4 Å². The molecule has 0 aromatic carbocycles. The highest BCUT2D eigenvalue weighted by Crippen LogP contribution is 2.34. The van der Waals surface area contributed by atoms with E-state index in [4.69, 9.17) is 15.6 Å². The van der Waals surface area contributed by atoms with Crippen molar-refractivity contribution in [2.45, 2.75) is 24.9 Å². The summed E-state index contributed by atoms with van der Waals surface area (Å²) in [5.74, 6) is 0.279. The van der Waals surface area contributed by atoms with E-state index in [1.54, 1.807) is 4.57 Å². The number of halogens is 1. The molecule has 0 spiro atoms. The van der Waals surface area contributed by atoms with Crippen LogP contribution in [0.4, 0.5) is 5.82 Å². The summed E-state index contributed by atoms with van der Waals surface area (Å²) in [6, 6.07) is 0. The van der Waals surface area contributed by atoms with Crippen molar-refractivity contribution in [3.8, 4) is 0 Å². The minimum Gasteiger partial charge on any atom is -0.394 e. The summed E-state index contributed by atoms with van der Waals surface area (Å²) in [7, 11) is 0. The van der Waals surface area contributed by atoms with Crippen LogP contribution in [0.15, 0.2) is 11.1 Å². The quantitative estimate of drug-likeness (QED) is 0.653. The van der Waals surface area contributed by atoms with Gasteiger partial charge in [-0.05, 0) is 15.9 Å². The molecule has 4 N–H and O–H groups in total. The number of nitrogen functional groups attached to an aromatic ring is 1. The lowest BCUT2D eigenvalue weighted by atomic mass is 10.2. The Balaban J connectivity index is 2.06. The number of imidazole rings is 1. The maximum atomic E-state index is 9.78. The van der Waals surface area contributed by atoms with Crippen LogP contribution in [0.5, 0.6) is 0 Å². The molecule has 1 saturated heterocycles. The van der Waals surface area contributed by atoms with Gasteiger partial charge in [0.2, 0.25) is 0 Å². The molecule has 0 amide bonds. The fraction of sp³-hybridized carbons (Fsp3) is 0.500. The number of aliphatic hydroxyl groups is 2. The summed E-state index contributed by atoms with van der Waals surface area (Å²) in [6.45, 7) is -0.237. The highest BCUT2D eigenvalue weighted by atomic mass is 79.9. The third-order valence-electron chi connectivity index (χ3n) is 3.13. The van der Waals surface area contributed by atoms with E-state index >= 15 is 0 Å². The second-order valence-electron chi connectivity index (χ2n) is 4.30. The Hall–Kier alpha value is -1.29. The zero-order valence-electron chi connectivity index (χ0n) is 9.77. The van der Waals surface area contributed by atoms with Gasteiger partial charge in [0.05, 0.1) is 12.7 Å². The monoisotopic (exact) mass is 329 g/mol. The van der Waals surface area contributed by atoms with Crippen molar-refractivity contribution < 1.29 is 14.9 Å². The van der Waals surface area contributed by atoms with Crippen LogP contribution >= 0.6 is 15.9 Å². The highest BCUT2D eigenvalue weighted by Gasteiger charge is 2.36. The van der Waals surface area contributed by atoms with Crippen LogP contribution in [0, 0.1) is 0 Å². The van der Waals surface area contributed by atoms with E-state index in [9.17, 15) is 5.11 Å². The first-order valence-electron chi connectivity index (χ1n) is 5.70. The number of rotatable bonds is 2. The molecule has 0 saturated carbocycles. The number of ether oxygens (including phenoxy) is 1. The second-order valence-corrected chi connectivity index (χ2v) is 5.01. The molecule has 2 aromatic rings. The second kappa shape index (κ2) is 4.67. The molecule has 8 nitrogen and oxygen atoms in total. The van der Waals surface area contributed by atoms with Crippen LogP contribution in [0.25, 0.3) is 11.2 Å². The van der Waals surface area contributed by atoms with E-state index in [2.05, 4.69) is 30.9 Å². The molecular weight excluding hydrogens is 318 g/mol. The minimum absolute atomic E-state index is 0.237. The number of aromatic nitrogens is 4. The fourth-order valence-electron chi connectivity index (χ4n) is 2.19. The first-order valence-corrected chi connectivity index (χ1v) is 6.49. The van der Waals surface area contributed by atoms with E-state index in [-0.39, 0.29) is 12.4 Å². The molecule has 3 atom stereocenters. The van der Waals surface area contributed by atoms with E-state index in [1.165, 1.54) is 6.33 Å². The zero-order valence-corrected chi connectivity index (χ0v) is 11.4. The molecule has 19 heavy (non-hydrogen) atoms. The van der Waals surface area contributed by atoms with E-state index in [0.717, 1.165) is 0 Å². The van der Waals surface area contributed by atoms with Gasteiger partial charge < -0.3 is 20.7 Å². The van der Waals surface area contributed by atoms with Gasteiger partial charge in [-0.15, -0.1) is 0 Å². The summed E-state index contributed by atoms with van der Waals surface area (Å²) in [5.41, 5.74) is 6.74. The number of nitrogens with two attached hydrogens (primary N) is 1. The largest absolute Gasteiger partial charge is 0.394 e. The number of nitrogens with zero attached hydrogens (tertiary/aromatic N) is 4. The van der Waals surface area contributed by atoms with Crippen LogP contribution < -0.4 is 5.73 Å². The molecule has 3 heterocycles. The normalized spacial score (nSPS) is 27.2. The van der Waals surface area contributed by atoms with Gasteiger partial charge in [-0.3, -0.25) is 4.57 Å². The van der Waals surface area contributed by atoms with Crippen molar-refractivity contribution in [3.05, 3.63) is 11.1 Å². The maximum absolute atomic E-state index is 9.78. The molecule has 0 aliphatic carbocycles. The molecule has 0 bridgehead atoms. The first kappa shape index (κ1) is 12.7. The Labute approximate surface area is 116 Å². The predicted molar refractivity (Wildman–Crippen MR) is 69.1 cm³/mol. The van der Waals surface area contributed by atoms with E-state index in [0.29, 0.717) is 22.3 Å². The third kappa shape index (κ3) is 1.98. The molecule has 2 aromatic heterocycles. The molecule has 0 unspecified atom stereocenters. The highest BCUT2D eigenvalue weighted by molar-refractivity contribution is 9.10. The van der Waals surface area contributed by atoms with Crippen LogP contribution in [0.2, 0.25) is 0 Å². The van der Waals surface area contributed by atoms with Crippen molar-refractivity contribution in [3.63, 3.8) is 0 Å². The topological polar surface area (TPSA) is 119 Å². The Morgan fingerprint density at radius 3 is 3.00 bits per heavy atom. The molecule has 0 radical (unpaired) electrons. The summed E-state index contributed by atoms with van der Waals surface area (Å²) < 4.78 is 7.77. The SMILES string of the molecule is Nc1ncnc2c1nc(Br)n2[C@@H]1C[C@H](O)[C@@H](CO)O1. The minimum atomic E-state index is -0.724. The number of anilines is 1. The number of hydrogen-bond acceptors (Lipinski definition) is 7. The Morgan fingerprint density at radius 2 is 2.32 bits per heavy atom. The van der Waals surface area contributed by atoms with Crippen molar-refractivity contribution in [2.75, 3.05) is 12.3 Å². The van der Waals surface area contributed by atoms with Gasteiger partial charge in [0.25, 0.3) is 0 Å². The predicted octanol–water partition coefficient (Wildman–Crippen LogP) is -0.188. The Bertz CT molecular complexity index is 618. The van der Waals surface area contributed by atoms with Crippen LogP contribution in [-0.2, 0) is 4.74 Å².